The van der Waals surface area contributed by atoms with Crippen LogP contribution < -0.4 is 5.32 Å². The van der Waals surface area contributed by atoms with Gasteiger partial charge in [0.1, 0.15) is 0 Å². The molecule has 0 unspecified atom stereocenters. The third kappa shape index (κ3) is 3.23. The number of nitrogens with one attached hydrogen (secondary N) is 1. The van der Waals surface area contributed by atoms with E-state index in [1.807, 2.05) is 35.7 Å². The van der Waals surface area contributed by atoms with E-state index in [1.165, 1.54) is 25.7 Å². The Labute approximate surface area is 124 Å². The molecule has 5 nitrogen and oxygen atoms in total. The van der Waals surface area contributed by atoms with E-state index in [-0.39, 0.29) is 11.9 Å². The van der Waals surface area contributed by atoms with Crippen molar-refractivity contribution in [2.75, 3.05) is 0 Å². The molecule has 1 aliphatic rings. The molecular weight excluding hydrogens is 264 g/mol. The zero-order valence-electron chi connectivity index (χ0n) is 12.5. The van der Waals surface area contributed by atoms with Crippen molar-refractivity contribution in [2.45, 2.75) is 51.5 Å². The summed E-state index contributed by atoms with van der Waals surface area (Å²) in [4.78, 5) is 12.1. The van der Waals surface area contributed by atoms with Gasteiger partial charge < -0.3 is 5.32 Å². The summed E-state index contributed by atoms with van der Waals surface area (Å²) < 4.78 is 1.92. The number of carbonyl (C=O) groups is 1. The van der Waals surface area contributed by atoms with E-state index >= 15 is 0 Å². The molecule has 1 atom stereocenters. The van der Waals surface area contributed by atoms with Crippen LogP contribution in [0.2, 0.25) is 0 Å². The number of aromatic nitrogens is 3. The van der Waals surface area contributed by atoms with Crippen LogP contribution in [0.25, 0.3) is 5.65 Å². The highest BCUT2D eigenvalue weighted by Crippen LogP contribution is 2.28. The minimum absolute atomic E-state index is 0.113. The van der Waals surface area contributed by atoms with E-state index in [4.69, 9.17) is 0 Å². The number of amides is 1. The molecule has 0 spiro atoms. The largest absolute Gasteiger partial charge is 0.346 e. The molecule has 21 heavy (non-hydrogen) atoms. The summed E-state index contributed by atoms with van der Waals surface area (Å²) in [5.74, 6) is 1.64. The summed E-state index contributed by atoms with van der Waals surface area (Å²) in [6.07, 6.45) is 8.79. The standard InChI is InChI=1S/C16H22N4O/c1-12(16-19-18-14-8-4-5-11-20(14)16)17-15(21)10-9-13-6-2-3-7-13/h4-5,8,11-13H,2-3,6-7,9-10H2,1H3,(H,17,21)/t12-/m1/s1. The maximum atomic E-state index is 12.1. The maximum Gasteiger partial charge on any atom is 0.220 e. The third-order valence-corrected chi connectivity index (χ3v) is 4.36. The lowest BCUT2D eigenvalue weighted by atomic mass is 10.0. The van der Waals surface area contributed by atoms with Gasteiger partial charge in [-0.1, -0.05) is 31.7 Å². The van der Waals surface area contributed by atoms with E-state index < -0.39 is 0 Å². The third-order valence-electron chi connectivity index (χ3n) is 4.36. The first-order valence-corrected chi connectivity index (χ1v) is 7.83. The van der Waals surface area contributed by atoms with E-state index in [2.05, 4.69) is 15.5 Å². The van der Waals surface area contributed by atoms with Crippen molar-refractivity contribution in [2.24, 2.45) is 5.92 Å². The Morgan fingerprint density at radius 2 is 2.19 bits per heavy atom. The first kappa shape index (κ1) is 14.0. The monoisotopic (exact) mass is 286 g/mol. The van der Waals surface area contributed by atoms with Gasteiger partial charge in [-0.05, 0) is 31.4 Å². The van der Waals surface area contributed by atoms with Crippen molar-refractivity contribution in [1.82, 2.24) is 19.9 Å². The molecule has 1 aliphatic carbocycles. The molecule has 0 radical (unpaired) electrons. The van der Waals surface area contributed by atoms with Gasteiger partial charge in [0.05, 0.1) is 6.04 Å². The quantitative estimate of drug-likeness (QED) is 0.919. The molecule has 0 saturated heterocycles. The summed E-state index contributed by atoms with van der Waals surface area (Å²) in [6, 6.07) is 5.65. The van der Waals surface area contributed by atoms with Crippen molar-refractivity contribution >= 4 is 11.6 Å². The highest BCUT2D eigenvalue weighted by Gasteiger charge is 2.18. The first-order chi connectivity index (χ1) is 10.2. The number of pyridine rings is 1. The molecule has 1 fully saturated rings. The zero-order chi connectivity index (χ0) is 14.7. The number of carbonyl (C=O) groups excluding carboxylic acids is 1. The SMILES string of the molecule is C[C@@H](NC(=O)CCC1CCCC1)c1nnc2ccccn12. The van der Waals surface area contributed by atoms with Crippen molar-refractivity contribution in [3.63, 3.8) is 0 Å². The smallest absolute Gasteiger partial charge is 0.220 e. The van der Waals surface area contributed by atoms with Crippen molar-refractivity contribution < 1.29 is 4.79 Å². The second-order valence-corrected chi connectivity index (χ2v) is 5.97. The van der Waals surface area contributed by atoms with Crippen LogP contribution >= 0.6 is 0 Å². The van der Waals surface area contributed by atoms with E-state index in [0.717, 1.165) is 23.8 Å². The lowest BCUT2D eigenvalue weighted by Gasteiger charge is -2.13. The van der Waals surface area contributed by atoms with Crippen molar-refractivity contribution in [3.8, 4) is 0 Å². The number of hydrogen-bond acceptors (Lipinski definition) is 3. The molecule has 2 heterocycles. The predicted octanol–water partition coefficient (Wildman–Crippen LogP) is 2.88. The normalized spacial score (nSPS) is 17.2. The Bertz CT molecular complexity index is 616. The Hall–Kier alpha value is -1.91. The van der Waals surface area contributed by atoms with E-state index in [0.29, 0.717) is 6.42 Å². The summed E-state index contributed by atoms with van der Waals surface area (Å²) in [6.45, 7) is 1.96. The van der Waals surface area contributed by atoms with Gasteiger partial charge in [0.15, 0.2) is 11.5 Å². The zero-order valence-corrected chi connectivity index (χ0v) is 12.5. The fourth-order valence-electron chi connectivity index (χ4n) is 3.17. The molecule has 5 heteroatoms. The van der Waals surface area contributed by atoms with Crippen LogP contribution in [-0.4, -0.2) is 20.5 Å². The van der Waals surface area contributed by atoms with Gasteiger partial charge in [0, 0.05) is 12.6 Å². The topological polar surface area (TPSA) is 59.3 Å². The molecule has 0 aromatic carbocycles. The predicted molar refractivity (Wildman–Crippen MR) is 80.7 cm³/mol. The van der Waals surface area contributed by atoms with Crippen LogP contribution in [0.4, 0.5) is 0 Å². The Morgan fingerprint density at radius 1 is 1.38 bits per heavy atom. The summed E-state index contributed by atoms with van der Waals surface area (Å²) in [7, 11) is 0. The van der Waals surface area contributed by atoms with Crippen LogP contribution in [0.3, 0.4) is 0 Å². The van der Waals surface area contributed by atoms with Crippen LogP contribution in [-0.2, 0) is 4.79 Å². The minimum atomic E-state index is -0.126. The molecule has 0 aliphatic heterocycles. The molecule has 1 N–H and O–H groups in total. The molecule has 3 rings (SSSR count). The minimum Gasteiger partial charge on any atom is -0.346 e. The lowest BCUT2D eigenvalue weighted by Crippen LogP contribution is -2.28. The van der Waals surface area contributed by atoms with Gasteiger partial charge in [-0.15, -0.1) is 10.2 Å². The number of rotatable bonds is 5. The van der Waals surface area contributed by atoms with Crippen molar-refractivity contribution in [1.29, 1.82) is 0 Å². The van der Waals surface area contributed by atoms with Gasteiger partial charge in [-0.2, -0.15) is 0 Å². The van der Waals surface area contributed by atoms with E-state index in [1.54, 1.807) is 0 Å². The second-order valence-electron chi connectivity index (χ2n) is 5.97. The molecular formula is C16H22N4O. The van der Waals surface area contributed by atoms with Gasteiger partial charge in [0.25, 0.3) is 0 Å². The summed E-state index contributed by atoms with van der Waals surface area (Å²) in [5.41, 5.74) is 0.805. The summed E-state index contributed by atoms with van der Waals surface area (Å²) >= 11 is 0. The van der Waals surface area contributed by atoms with Crippen molar-refractivity contribution in [3.05, 3.63) is 30.2 Å². The summed E-state index contributed by atoms with van der Waals surface area (Å²) in [5, 5.41) is 11.3. The Kier molecular flexibility index (Phi) is 4.18. The lowest BCUT2D eigenvalue weighted by molar-refractivity contribution is -0.122. The molecule has 0 bridgehead atoms. The Balaban J connectivity index is 1.57. The number of hydrogen-bond donors (Lipinski definition) is 1. The fourth-order valence-corrected chi connectivity index (χ4v) is 3.17. The number of nitrogens with zero attached hydrogens (tertiary/aromatic N) is 3. The first-order valence-electron chi connectivity index (χ1n) is 7.83. The second kappa shape index (κ2) is 6.24. The van der Waals surface area contributed by atoms with Gasteiger partial charge >= 0.3 is 0 Å². The number of fused-ring (bicyclic) bond motifs is 1. The van der Waals surface area contributed by atoms with Gasteiger partial charge in [-0.25, -0.2) is 0 Å². The molecule has 112 valence electrons. The van der Waals surface area contributed by atoms with Crippen LogP contribution in [0.15, 0.2) is 24.4 Å². The average molecular weight is 286 g/mol. The van der Waals surface area contributed by atoms with Gasteiger partial charge in [-0.3, -0.25) is 9.20 Å². The van der Waals surface area contributed by atoms with Crippen LogP contribution in [0.5, 0.6) is 0 Å². The maximum absolute atomic E-state index is 12.1. The van der Waals surface area contributed by atoms with Crippen LogP contribution in [0, 0.1) is 5.92 Å². The average Bonchev–Trinajstić information content (AvgIpc) is 3.14. The van der Waals surface area contributed by atoms with Gasteiger partial charge in [0.2, 0.25) is 5.91 Å². The highest BCUT2D eigenvalue weighted by molar-refractivity contribution is 5.76. The fraction of sp³-hybridized carbons (Fsp3) is 0.562. The molecule has 2 aromatic heterocycles. The Morgan fingerprint density at radius 3 is 3.00 bits per heavy atom. The molecule has 1 amide bonds. The van der Waals surface area contributed by atoms with E-state index in [9.17, 15) is 4.79 Å². The van der Waals surface area contributed by atoms with Crippen LogP contribution in [0.1, 0.15) is 57.3 Å². The molecule has 1 saturated carbocycles. The highest BCUT2D eigenvalue weighted by atomic mass is 16.1. The molecule has 2 aromatic rings.